The summed E-state index contributed by atoms with van der Waals surface area (Å²) in [5.74, 6) is 2.60. The van der Waals surface area contributed by atoms with Crippen molar-refractivity contribution in [1.29, 1.82) is 0 Å². The number of methoxy groups -OCH3 is 1. The lowest BCUT2D eigenvalue weighted by molar-refractivity contribution is 0.220. The molecule has 6 nitrogen and oxygen atoms in total. The number of aliphatic imine (C=N–C) groups is 1. The number of nitrogens with zero attached hydrogens (tertiary/aromatic N) is 3. The van der Waals surface area contributed by atoms with Crippen molar-refractivity contribution in [2.45, 2.75) is 38.6 Å². The van der Waals surface area contributed by atoms with E-state index in [1.807, 2.05) is 0 Å². The number of benzene rings is 1. The largest absolute Gasteiger partial charge is 0.497 e. The van der Waals surface area contributed by atoms with Crippen molar-refractivity contribution >= 4 is 29.9 Å². The fourth-order valence-electron chi connectivity index (χ4n) is 4.34. The van der Waals surface area contributed by atoms with Gasteiger partial charge in [0.25, 0.3) is 0 Å². The molecule has 0 spiro atoms. The van der Waals surface area contributed by atoms with Crippen molar-refractivity contribution < 1.29 is 4.74 Å². The summed E-state index contributed by atoms with van der Waals surface area (Å²) in [7, 11) is 3.93. The molecule has 0 amide bonds. The summed E-state index contributed by atoms with van der Waals surface area (Å²) in [6.07, 6.45) is 5.10. The summed E-state index contributed by atoms with van der Waals surface area (Å²) in [6, 6.07) is 8.83. The topological polar surface area (TPSA) is 52.1 Å². The molecule has 1 atom stereocenters. The number of guanidine groups is 1. The second-order valence-electron chi connectivity index (χ2n) is 8.38. The van der Waals surface area contributed by atoms with E-state index in [1.165, 1.54) is 44.3 Å². The van der Waals surface area contributed by atoms with Crippen LogP contribution in [0.4, 0.5) is 0 Å². The molecule has 3 rings (SSSR count). The van der Waals surface area contributed by atoms with E-state index in [1.54, 1.807) is 7.11 Å². The molecule has 0 aliphatic carbocycles. The molecule has 0 radical (unpaired) electrons. The third-order valence-electron chi connectivity index (χ3n) is 6.24. The first kappa shape index (κ1) is 25.2. The number of piperidine rings is 1. The van der Waals surface area contributed by atoms with Gasteiger partial charge >= 0.3 is 0 Å². The van der Waals surface area contributed by atoms with Crippen molar-refractivity contribution in [3.63, 3.8) is 0 Å². The average Bonchev–Trinajstić information content (AvgIpc) is 3.28. The predicted octanol–water partition coefficient (Wildman–Crippen LogP) is 3.35. The van der Waals surface area contributed by atoms with Gasteiger partial charge < -0.3 is 20.3 Å². The average molecular weight is 530 g/mol. The molecule has 7 heteroatoms. The van der Waals surface area contributed by atoms with E-state index in [0.717, 1.165) is 50.4 Å². The minimum absolute atomic E-state index is 0. The minimum atomic E-state index is 0. The van der Waals surface area contributed by atoms with Gasteiger partial charge in [-0.3, -0.25) is 9.89 Å². The van der Waals surface area contributed by atoms with Gasteiger partial charge in [0.15, 0.2) is 5.96 Å². The third-order valence-corrected chi connectivity index (χ3v) is 6.24. The van der Waals surface area contributed by atoms with Crippen LogP contribution in [0.2, 0.25) is 0 Å². The fraction of sp³-hybridized carbons (Fsp3) is 0.696. The molecule has 1 aromatic rings. The Morgan fingerprint density at radius 3 is 2.37 bits per heavy atom. The quantitative estimate of drug-likeness (QED) is 0.308. The lowest BCUT2D eigenvalue weighted by atomic mass is 9.97. The van der Waals surface area contributed by atoms with Gasteiger partial charge in [0.05, 0.1) is 19.7 Å². The molecule has 0 aromatic heterocycles. The Labute approximate surface area is 199 Å². The Balaban J connectivity index is 0.00000320. The molecule has 0 saturated carbocycles. The Morgan fingerprint density at radius 1 is 1.10 bits per heavy atom. The zero-order valence-corrected chi connectivity index (χ0v) is 21.2. The highest BCUT2D eigenvalue weighted by Crippen LogP contribution is 2.27. The summed E-state index contributed by atoms with van der Waals surface area (Å²) >= 11 is 0. The molecule has 30 heavy (non-hydrogen) atoms. The van der Waals surface area contributed by atoms with E-state index in [2.05, 4.69) is 58.7 Å². The highest BCUT2D eigenvalue weighted by Gasteiger charge is 2.23. The molecule has 2 aliphatic rings. The first-order valence-corrected chi connectivity index (χ1v) is 11.3. The number of likely N-dealkylation sites (tertiary alicyclic amines) is 2. The maximum Gasteiger partial charge on any atom is 0.191 e. The van der Waals surface area contributed by atoms with Crippen molar-refractivity contribution in [3.05, 3.63) is 29.8 Å². The highest BCUT2D eigenvalue weighted by atomic mass is 127. The van der Waals surface area contributed by atoms with Crippen molar-refractivity contribution in [2.24, 2.45) is 10.9 Å². The van der Waals surface area contributed by atoms with Crippen LogP contribution in [0.15, 0.2) is 29.3 Å². The molecule has 2 N–H and O–H groups in total. The van der Waals surface area contributed by atoms with Crippen molar-refractivity contribution in [3.8, 4) is 5.75 Å². The van der Waals surface area contributed by atoms with Gasteiger partial charge in [-0.2, -0.15) is 0 Å². The second-order valence-corrected chi connectivity index (χ2v) is 8.38. The van der Waals surface area contributed by atoms with Gasteiger partial charge in [0.2, 0.25) is 0 Å². The maximum absolute atomic E-state index is 5.34. The zero-order chi connectivity index (χ0) is 20.5. The van der Waals surface area contributed by atoms with Gasteiger partial charge in [-0.1, -0.05) is 12.1 Å². The normalized spacial score (nSPS) is 19.9. The van der Waals surface area contributed by atoms with Crippen LogP contribution in [-0.2, 0) is 0 Å². The lowest BCUT2D eigenvalue weighted by Crippen LogP contribution is -2.42. The van der Waals surface area contributed by atoms with E-state index in [4.69, 9.17) is 9.73 Å². The van der Waals surface area contributed by atoms with E-state index in [0.29, 0.717) is 6.04 Å². The Bertz CT molecular complexity index is 625. The van der Waals surface area contributed by atoms with Gasteiger partial charge in [0.1, 0.15) is 5.75 Å². The molecular formula is C23H40IN5O. The summed E-state index contributed by atoms with van der Waals surface area (Å²) in [5.41, 5.74) is 1.32. The minimum Gasteiger partial charge on any atom is -0.497 e. The van der Waals surface area contributed by atoms with Crippen LogP contribution >= 0.6 is 24.0 Å². The SMILES string of the molecule is CCNC(=NCC(c1ccc(OC)cc1)N1CCCC1)NCC1CCN(C)CC1.I. The Morgan fingerprint density at radius 2 is 1.77 bits per heavy atom. The number of hydrogen-bond acceptors (Lipinski definition) is 4. The first-order valence-electron chi connectivity index (χ1n) is 11.3. The van der Waals surface area contributed by atoms with E-state index in [9.17, 15) is 0 Å². The Hall–Kier alpha value is -1.06. The molecule has 170 valence electrons. The summed E-state index contributed by atoms with van der Waals surface area (Å²) < 4.78 is 5.34. The van der Waals surface area contributed by atoms with Crippen LogP contribution < -0.4 is 15.4 Å². The smallest absolute Gasteiger partial charge is 0.191 e. The number of ether oxygens (including phenoxy) is 1. The maximum atomic E-state index is 5.34. The monoisotopic (exact) mass is 529 g/mol. The lowest BCUT2D eigenvalue weighted by Gasteiger charge is -2.30. The molecule has 2 heterocycles. The van der Waals surface area contributed by atoms with Crippen molar-refractivity contribution in [2.75, 3.05) is 60.0 Å². The van der Waals surface area contributed by atoms with Crippen LogP contribution in [0.3, 0.4) is 0 Å². The highest BCUT2D eigenvalue weighted by molar-refractivity contribution is 14.0. The number of nitrogens with one attached hydrogen (secondary N) is 2. The molecule has 0 bridgehead atoms. The molecule has 2 fully saturated rings. The number of rotatable bonds is 8. The predicted molar refractivity (Wildman–Crippen MR) is 136 cm³/mol. The van der Waals surface area contributed by atoms with Gasteiger partial charge in [-0.25, -0.2) is 0 Å². The van der Waals surface area contributed by atoms with Crippen LogP contribution in [0.5, 0.6) is 5.75 Å². The van der Waals surface area contributed by atoms with Crippen molar-refractivity contribution in [1.82, 2.24) is 20.4 Å². The van der Waals surface area contributed by atoms with Crippen LogP contribution in [0.1, 0.15) is 44.2 Å². The molecule has 2 aliphatic heterocycles. The van der Waals surface area contributed by atoms with Gasteiger partial charge in [-0.15, -0.1) is 24.0 Å². The molecule has 1 aromatic carbocycles. The van der Waals surface area contributed by atoms with E-state index >= 15 is 0 Å². The van der Waals surface area contributed by atoms with E-state index in [-0.39, 0.29) is 24.0 Å². The fourth-order valence-corrected chi connectivity index (χ4v) is 4.34. The zero-order valence-electron chi connectivity index (χ0n) is 18.9. The molecule has 2 saturated heterocycles. The number of halogens is 1. The molecule has 1 unspecified atom stereocenters. The van der Waals surface area contributed by atoms with E-state index < -0.39 is 0 Å². The standard InChI is InChI=1S/C23H39N5O.HI/c1-4-24-23(25-17-19-11-15-27(2)16-12-19)26-18-22(28-13-5-6-14-28)20-7-9-21(29-3)10-8-20;/h7-10,19,22H,4-6,11-18H2,1-3H3,(H2,24,25,26);1H. The first-order chi connectivity index (χ1) is 14.2. The second kappa shape index (κ2) is 13.4. The summed E-state index contributed by atoms with van der Waals surface area (Å²) in [5, 5.41) is 7.04. The van der Waals surface area contributed by atoms with Crippen LogP contribution in [0, 0.1) is 5.92 Å². The summed E-state index contributed by atoms with van der Waals surface area (Å²) in [6.45, 7) is 9.52. The third kappa shape index (κ3) is 7.57. The molecular weight excluding hydrogens is 489 g/mol. The van der Waals surface area contributed by atoms with Gasteiger partial charge in [0, 0.05) is 13.1 Å². The number of hydrogen-bond donors (Lipinski definition) is 2. The van der Waals surface area contributed by atoms with Gasteiger partial charge in [-0.05, 0) is 89.4 Å². The van der Waals surface area contributed by atoms with Crippen LogP contribution in [-0.4, -0.2) is 75.7 Å². The van der Waals surface area contributed by atoms with Crippen LogP contribution in [0.25, 0.3) is 0 Å². The summed E-state index contributed by atoms with van der Waals surface area (Å²) in [4.78, 5) is 9.98. The Kier molecular flexibility index (Phi) is 11.2.